The summed E-state index contributed by atoms with van der Waals surface area (Å²) in [5.74, 6) is 3.31. The third-order valence-corrected chi connectivity index (χ3v) is 5.21. The second kappa shape index (κ2) is 9.99. The number of hydrogen-bond acceptors (Lipinski definition) is 6. The van der Waals surface area contributed by atoms with E-state index in [9.17, 15) is 0 Å². The van der Waals surface area contributed by atoms with Crippen LogP contribution in [-0.4, -0.2) is 61.1 Å². The predicted molar refractivity (Wildman–Crippen MR) is 114 cm³/mol. The minimum atomic E-state index is 0.369. The average molecular weight is 402 g/mol. The number of piperidine rings is 1. The van der Waals surface area contributed by atoms with Crippen molar-refractivity contribution in [1.29, 1.82) is 0 Å². The van der Waals surface area contributed by atoms with Crippen LogP contribution in [0.1, 0.15) is 25.6 Å². The molecule has 1 aromatic heterocycles. The smallest absolute Gasteiger partial charge is 0.191 e. The molecule has 0 unspecified atom stereocenters. The van der Waals surface area contributed by atoms with Gasteiger partial charge in [0.15, 0.2) is 11.8 Å². The number of aliphatic imine (C=N–C) groups is 1. The Morgan fingerprint density at radius 2 is 1.86 bits per heavy atom. The highest BCUT2D eigenvalue weighted by atomic mass is 16.5. The Balaban J connectivity index is 1.52. The molecule has 0 bridgehead atoms. The van der Waals surface area contributed by atoms with Gasteiger partial charge in [0, 0.05) is 56.6 Å². The molecule has 0 radical (unpaired) electrons. The molecular formula is C20H31N7O2. The Morgan fingerprint density at radius 3 is 2.45 bits per heavy atom. The van der Waals surface area contributed by atoms with Crippen LogP contribution in [-0.2, 0) is 13.1 Å². The number of nitrogens with one attached hydrogen (secondary N) is 2. The fourth-order valence-electron chi connectivity index (χ4n) is 3.49. The molecular weight excluding hydrogens is 370 g/mol. The fraction of sp³-hybridized carbons (Fsp3) is 0.550. The normalized spacial score (nSPS) is 15.3. The maximum Gasteiger partial charge on any atom is 0.191 e. The van der Waals surface area contributed by atoms with Crippen molar-refractivity contribution in [1.82, 2.24) is 25.4 Å². The van der Waals surface area contributed by atoms with Crippen molar-refractivity contribution in [3.8, 4) is 11.5 Å². The minimum Gasteiger partial charge on any atom is -0.497 e. The van der Waals surface area contributed by atoms with Crippen molar-refractivity contribution in [2.75, 3.05) is 39.3 Å². The molecule has 1 saturated heterocycles. The Hall–Kier alpha value is -2.97. The number of benzene rings is 1. The molecule has 2 aromatic rings. The quantitative estimate of drug-likeness (QED) is 0.539. The van der Waals surface area contributed by atoms with E-state index in [-0.39, 0.29) is 0 Å². The lowest BCUT2D eigenvalue weighted by Gasteiger charge is -2.34. The number of rotatable bonds is 7. The lowest BCUT2D eigenvalue weighted by Crippen LogP contribution is -2.48. The Kier molecular flexibility index (Phi) is 7.15. The topological polar surface area (TPSA) is 88.8 Å². The Labute approximate surface area is 172 Å². The SMILES string of the molecule is CCn1cnnc1CNC(=NC)NC1CCN(c2cc(OC)cc(OC)c2)CC1. The van der Waals surface area contributed by atoms with E-state index in [0.717, 1.165) is 61.4 Å². The van der Waals surface area contributed by atoms with Crippen molar-refractivity contribution in [3.63, 3.8) is 0 Å². The molecule has 0 amide bonds. The maximum atomic E-state index is 5.40. The van der Waals surface area contributed by atoms with Gasteiger partial charge < -0.3 is 29.6 Å². The summed E-state index contributed by atoms with van der Waals surface area (Å²) in [5.41, 5.74) is 1.13. The van der Waals surface area contributed by atoms with Crippen LogP contribution in [0.5, 0.6) is 11.5 Å². The van der Waals surface area contributed by atoms with Gasteiger partial charge >= 0.3 is 0 Å². The van der Waals surface area contributed by atoms with Crippen molar-refractivity contribution < 1.29 is 9.47 Å². The zero-order valence-corrected chi connectivity index (χ0v) is 17.7. The summed E-state index contributed by atoms with van der Waals surface area (Å²) >= 11 is 0. The molecule has 1 fully saturated rings. The summed E-state index contributed by atoms with van der Waals surface area (Å²) in [5, 5.41) is 15.0. The molecule has 29 heavy (non-hydrogen) atoms. The van der Waals surface area contributed by atoms with Crippen molar-refractivity contribution in [2.24, 2.45) is 4.99 Å². The van der Waals surface area contributed by atoms with Crippen LogP contribution in [0, 0.1) is 0 Å². The van der Waals surface area contributed by atoms with Gasteiger partial charge in [0.05, 0.1) is 20.8 Å². The van der Waals surface area contributed by atoms with Crippen molar-refractivity contribution >= 4 is 11.6 Å². The van der Waals surface area contributed by atoms with E-state index in [4.69, 9.17) is 9.47 Å². The molecule has 158 valence electrons. The third kappa shape index (κ3) is 5.30. The number of aryl methyl sites for hydroxylation is 1. The molecule has 0 atom stereocenters. The summed E-state index contributed by atoms with van der Waals surface area (Å²) in [6.07, 6.45) is 3.78. The second-order valence-corrected chi connectivity index (χ2v) is 6.94. The van der Waals surface area contributed by atoms with Gasteiger partial charge in [0.25, 0.3) is 0 Å². The van der Waals surface area contributed by atoms with E-state index >= 15 is 0 Å². The van der Waals surface area contributed by atoms with E-state index < -0.39 is 0 Å². The highest BCUT2D eigenvalue weighted by Gasteiger charge is 2.21. The van der Waals surface area contributed by atoms with Crippen LogP contribution in [0.3, 0.4) is 0 Å². The van der Waals surface area contributed by atoms with E-state index in [1.807, 2.05) is 10.6 Å². The number of ether oxygens (including phenoxy) is 2. The van der Waals surface area contributed by atoms with Crippen LogP contribution in [0.25, 0.3) is 0 Å². The summed E-state index contributed by atoms with van der Waals surface area (Å²) in [7, 11) is 5.14. The van der Waals surface area contributed by atoms with Crippen LogP contribution in [0.4, 0.5) is 5.69 Å². The number of guanidine groups is 1. The van der Waals surface area contributed by atoms with E-state index in [1.165, 1.54) is 0 Å². The van der Waals surface area contributed by atoms with Crippen LogP contribution in [0.15, 0.2) is 29.5 Å². The van der Waals surface area contributed by atoms with Gasteiger partial charge in [-0.3, -0.25) is 4.99 Å². The minimum absolute atomic E-state index is 0.369. The first-order valence-electron chi connectivity index (χ1n) is 9.98. The zero-order valence-electron chi connectivity index (χ0n) is 17.7. The van der Waals surface area contributed by atoms with E-state index in [2.05, 4.69) is 49.8 Å². The molecule has 1 aliphatic rings. The van der Waals surface area contributed by atoms with Crippen LogP contribution in [0.2, 0.25) is 0 Å². The van der Waals surface area contributed by atoms with Gasteiger partial charge in [-0.15, -0.1) is 10.2 Å². The number of aromatic nitrogens is 3. The first-order chi connectivity index (χ1) is 14.2. The molecule has 2 N–H and O–H groups in total. The van der Waals surface area contributed by atoms with Crippen LogP contribution < -0.4 is 25.0 Å². The van der Waals surface area contributed by atoms with Crippen molar-refractivity contribution in [2.45, 2.75) is 38.9 Å². The largest absolute Gasteiger partial charge is 0.497 e. The number of nitrogens with zero attached hydrogens (tertiary/aromatic N) is 5. The highest BCUT2D eigenvalue weighted by molar-refractivity contribution is 5.79. The standard InChI is InChI=1S/C20H31N7O2/c1-5-26-14-23-25-19(26)13-22-20(21-2)24-15-6-8-27(9-7-15)16-10-17(28-3)12-18(11-16)29-4/h10-12,14-15H,5-9,13H2,1-4H3,(H2,21,22,24). The third-order valence-electron chi connectivity index (χ3n) is 5.21. The molecule has 9 nitrogen and oxygen atoms in total. The lowest BCUT2D eigenvalue weighted by atomic mass is 10.0. The second-order valence-electron chi connectivity index (χ2n) is 6.94. The first-order valence-corrected chi connectivity index (χ1v) is 9.98. The summed E-state index contributed by atoms with van der Waals surface area (Å²) in [4.78, 5) is 6.71. The number of anilines is 1. The maximum absolute atomic E-state index is 5.40. The Bertz CT molecular complexity index is 791. The predicted octanol–water partition coefficient (Wildman–Crippen LogP) is 1.65. The van der Waals surface area contributed by atoms with Gasteiger partial charge in [0.2, 0.25) is 0 Å². The monoisotopic (exact) mass is 401 g/mol. The molecule has 2 heterocycles. The van der Waals surface area contributed by atoms with Gasteiger partial charge in [-0.05, 0) is 19.8 Å². The molecule has 3 rings (SSSR count). The highest BCUT2D eigenvalue weighted by Crippen LogP contribution is 2.30. The van der Waals surface area contributed by atoms with Gasteiger partial charge in [-0.2, -0.15) is 0 Å². The van der Waals surface area contributed by atoms with Crippen molar-refractivity contribution in [3.05, 3.63) is 30.4 Å². The average Bonchev–Trinajstić information content (AvgIpc) is 3.24. The summed E-state index contributed by atoms with van der Waals surface area (Å²) in [6.45, 7) is 5.43. The molecule has 0 spiro atoms. The summed E-state index contributed by atoms with van der Waals surface area (Å²) < 4.78 is 12.8. The molecule has 9 heteroatoms. The molecule has 0 saturated carbocycles. The number of methoxy groups -OCH3 is 2. The Morgan fingerprint density at radius 1 is 1.17 bits per heavy atom. The van der Waals surface area contributed by atoms with Gasteiger partial charge in [0.1, 0.15) is 17.8 Å². The first kappa shape index (κ1) is 20.8. The zero-order chi connectivity index (χ0) is 20.6. The molecule has 1 aliphatic heterocycles. The van der Waals surface area contributed by atoms with Gasteiger partial charge in [-0.25, -0.2) is 0 Å². The van der Waals surface area contributed by atoms with E-state index in [0.29, 0.717) is 12.6 Å². The molecule has 0 aliphatic carbocycles. The van der Waals surface area contributed by atoms with Crippen LogP contribution >= 0.6 is 0 Å². The van der Waals surface area contributed by atoms with Gasteiger partial charge in [-0.1, -0.05) is 0 Å². The fourth-order valence-corrected chi connectivity index (χ4v) is 3.49. The summed E-state index contributed by atoms with van der Waals surface area (Å²) in [6, 6.07) is 6.38. The molecule has 1 aromatic carbocycles. The number of hydrogen-bond donors (Lipinski definition) is 2. The lowest BCUT2D eigenvalue weighted by molar-refractivity contribution is 0.393. The van der Waals surface area contributed by atoms with E-state index in [1.54, 1.807) is 27.6 Å².